The van der Waals surface area contributed by atoms with Crippen LogP contribution >= 0.6 is 15.9 Å². The summed E-state index contributed by atoms with van der Waals surface area (Å²) in [4.78, 5) is 13.8. The molecule has 0 unspecified atom stereocenters. The summed E-state index contributed by atoms with van der Waals surface area (Å²) in [5, 5.41) is 8.59. The van der Waals surface area contributed by atoms with E-state index >= 15 is 0 Å². The molecule has 0 spiro atoms. The van der Waals surface area contributed by atoms with Gasteiger partial charge in [0.25, 0.3) is 5.91 Å². The van der Waals surface area contributed by atoms with Gasteiger partial charge < -0.3 is 14.7 Å². The number of benzene rings is 1. The molecule has 0 aromatic heterocycles. The van der Waals surface area contributed by atoms with Gasteiger partial charge in [-0.2, -0.15) is 0 Å². The molecule has 1 amide bonds. The standard InChI is InChI=1S/C13H17BrFNO3/c1-2-16(5-7-19-8-6-17)13(18)10-3-4-12(15)11(14)9-10/h3-4,9,17H,2,5-8H2,1H3. The molecule has 1 aromatic carbocycles. The van der Waals surface area contributed by atoms with Crippen molar-refractivity contribution in [3.8, 4) is 0 Å². The van der Waals surface area contributed by atoms with Gasteiger partial charge in [-0.15, -0.1) is 0 Å². The summed E-state index contributed by atoms with van der Waals surface area (Å²) >= 11 is 3.06. The van der Waals surface area contributed by atoms with Crippen molar-refractivity contribution in [2.24, 2.45) is 0 Å². The molecule has 0 radical (unpaired) electrons. The number of aliphatic hydroxyl groups excluding tert-OH is 1. The zero-order valence-electron chi connectivity index (χ0n) is 10.7. The van der Waals surface area contributed by atoms with Crippen LogP contribution in [0, 0.1) is 5.82 Å². The van der Waals surface area contributed by atoms with Gasteiger partial charge in [-0.1, -0.05) is 0 Å². The van der Waals surface area contributed by atoms with E-state index < -0.39 is 5.82 Å². The number of hydrogen-bond acceptors (Lipinski definition) is 3. The summed E-state index contributed by atoms with van der Waals surface area (Å²) in [5.74, 6) is -0.568. The summed E-state index contributed by atoms with van der Waals surface area (Å²) in [7, 11) is 0. The number of amides is 1. The van der Waals surface area contributed by atoms with Crippen molar-refractivity contribution in [1.29, 1.82) is 0 Å². The highest BCUT2D eigenvalue weighted by molar-refractivity contribution is 9.10. The number of hydrogen-bond donors (Lipinski definition) is 1. The Balaban J connectivity index is 2.64. The Morgan fingerprint density at radius 1 is 1.47 bits per heavy atom. The van der Waals surface area contributed by atoms with Crippen LogP contribution in [0.15, 0.2) is 22.7 Å². The third kappa shape index (κ3) is 4.89. The molecule has 0 fully saturated rings. The molecule has 1 aromatic rings. The lowest BCUT2D eigenvalue weighted by molar-refractivity contribution is 0.0579. The average molecular weight is 334 g/mol. The van der Waals surface area contributed by atoms with Gasteiger partial charge in [0.2, 0.25) is 0 Å². The van der Waals surface area contributed by atoms with Crippen LogP contribution in [0.25, 0.3) is 0 Å². The van der Waals surface area contributed by atoms with Gasteiger partial charge in [-0.25, -0.2) is 4.39 Å². The third-order valence-electron chi connectivity index (χ3n) is 2.58. The summed E-state index contributed by atoms with van der Waals surface area (Å²) in [6, 6.07) is 4.18. The Labute approximate surface area is 120 Å². The summed E-state index contributed by atoms with van der Waals surface area (Å²) in [5.41, 5.74) is 0.428. The molecule has 1 rings (SSSR count). The lowest BCUT2D eigenvalue weighted by atomic mass is 10.2. The highest BCUT2D eigenvalue weighted by atomic mass is 79.9. The van der Waals surface area contributed by atoms with Crippen molar-refractivity contribution in [1.82, 2.24) is 4.90 Å². The molecule has 0 aliphatic heterocycles. The van der Waals surface area contributed by atoms with Gasteiger partial charge in [-0.05, 0) is 41.1 Å². The molecule has 0 bridgehead atoms. The molecule has 106 valence electrons. The molecule has 0 atom stereocenters. The quantitative estimate of drug-likeness (QED) is 0.777. The van der Waals surface area contributed by atoms with E-state index in [0.717, 1.165) is 0 Å². The minimum atomic E-state index is -0.397. The van der Waals surface area contributed by atoms with Crippen LogP contribution in [-0.4, -0.2) is 48.8 Å². The fourth-order valence-corrected chi connectivity index (χ4v) is 1.94. The second-order valence-electron chi connectivity index (χ2n) is 3.85. The first-order valence-electron chi connectivity index (χ1n) is 6.03. The molecule has 6 heteroatoms. The highest BCUT2D eigenvalue weighted by Crippen LogP contribution is 2.18. The van der Waals surface area contributed by atoms with Gasteiger partial charge in [0.15, 0.2) is 0 Å². The maximum absolute atomic E-state index is 13.1. The number of nitrogens with zero attached hydrogens (tertiary/aromatic N) is 1. The van der Waals surface area contributed by atoms with Crippen molar-refractivity contribution in [3.63, 3.8) is 0 Å². The van der Waals surface area contributed by atoms with Gasteiger partial charge in [0, 0.05) is 18.7 Å². The first-order chi connectivity index (χ1) is 9.10. The molecule has 0 aliphatic carbocycles. The van der Waals surface area contributed by atoms with Crippen molar-refractivity contribution in [2.75, 3.05) is 32.9 Å². The molecule has 19 heavy (non-hydrogen) atoms. The van der Waals surface area contributed by atoms with Crippen LogP contribution in [0.3, 0.4) is 0 Å². The second-order valence-corrected chi connectivity index (χ2v) is 4.70. The van der Waals surface area contributed by atoms with Crippen molar-refractivity contribution >= 4 is 21.8 Å². The molecule has 1 N–H and O–H groups in total. The van der Waals surface area contributed by atoms with Crippen molar-refractivity contribution in [2.45, 2.75) is 6.92 Å². The Morgan fingerprint density at radius 2 is 2.21 bits per heavy atom. The molecular formula is C13H17BrFNO3. The molecule has 4 nitrogen and oxygen atoms in total. The number of halogens is 2. The lowest BCUT2D eigenvalue weighted by Crippen LogP contribution is -2.34. The van der Waals surface area contributed by atoms with E-state index in [1.165, 1.54) is 18.2 Å². The minimum Gasteiger partial charge on any atom is -0.394 e. The molecule has 0 aliphatic rings. The maximum Gasteiger partial charge on any atom is 0.253 e. The van der Waals surface area contributed by atoms with Crippen LogP contribution in [0.5, 0.6) is 0 Å². The fourth-order valence-electron chi connectivity index (χ4n) is 1.56. The second kappa shape index (κ2) is 8.24. The normalized spacial score (nSPS) is 10.5. The fraction of sp³-hybridized carbons (Fsp3) is 0.462. The number of rotatable bonds is 7. The van der Waals surface area contributed by atoms with Crippen LogP contribution < -0.4 is 0 Å². The number of ether oxygens (including phenoxy) is 1. The number of aliphatic hydroxyl groups is 1. The first kappa shape index (κ1) is 16.1. The van der Waals surface area contributed by atoms with Crippen LogP contribution in [-0.2, 0) is 4.74 Å². The van der Waals surface area contributed by atoms with E-state index in [0.29, 0.717) is 25.3 Å². The molecule has 0 saturated carbocycles. The van der Waals surface area contributed by atoms with E-state index in [1.807, 2.05) is 6.92 Å². The Bertz CT molecular complexity index is 428. The van der Waals surface area contributed by atoms with Gasteiger partial charge in [-0.3, -0.25) is 4.79 Å². The zero-order chi connectivity index (χ0) is 14.3. The number of carbonyl (C=O) groups excluding carboxylic acids is 1. The van der Waals surface area contributed by atoms with Crippen LogP contribution in [0.1, 0.15) is 17.3 Å². The van der Waals surface area contributed by atoms with Crippen LogP contribution in [0.4, 0.5) is 4.39 Å². The van der Waals surface area contributed by atoms with Gasteiger partial charge in [0.1, 0.15) is 5.82 Å². The minimum absolute atomic E-state index is 0.0367. The number of carbonyl (C=O) groups is 1. The predicted molar refractivity (Wildman–Crippen MR) is 73.6 cm³/mol. The first-order valence-corrected chi connectivity index (χ1v) is 6.82. The van der Waals surface area contributed by atoms with E-state index in [4.69, 9.17) is 9.84 Å². The largest absolute Gasteiger partial charge is 0.394 e. The lowest BCUT2D eigenvalue weighted by Gasteiger charge is -2.21. The smallest absolute Gasteiger partial charge is 0.253 e. The van der Waals surface area contributed by atoms with E-state index in [9.17, 15) is 9.18 Å². The summed E-state index contributed by atoms with van der Waals surface area (Å²) in [6.45, 7) is 3.42. The SMILES string of the molecule is CCN(CCOCCO)C(=O)c1ccc(F)c(Br)c1. The van der Waals surface area contributed by atoms with Crippen LogP contribution in [0.2, 0.25) is 0 Å². The summed E-state index contributed by atoms with van der Waals surface area (Å²) in [6.07, 6.45) is 0. The van der Waals surface area contributed by atoms with Gasteiger partial charge >= 0.3 is 0 Å². The summed E-state index contributed by atoms with van der Waals surface area (Å²) < 4.78 is 18.5. The van der Waals surface area contributed by atoms with Gasteiger partial charge in [0.05, 0.1) is 24.3 Å². The predicted octanol–water partition coefficient (Wildman–Crippen LogP) is 2.06. The molecule has 0 heterocycles. The van der Waals surface area contributed by atoms with Crippen molar-refractivity contribution < 1.29 is 19.0 Å². The Kier molecular flexibility index (Phi) is 6.97. The van der Waals surface area contributed by atoms with E-state index in [2.05, 4.69) is 15.9 Å². The maximum atomic E-state index is 13.1. The highest BCUT2D eigenvalue weighted by Gasteiger charge is 2.15. The average Bonchev–Trinajstić information content (AvgIpc) is 2.41. The Morgan fingerprint density at radius 3 is 2.79 bits per heavy atom. The number of likely N-dealkylation sites (N-methyl/N-ethyl adjacent to an activating group) is 1. The van der Waals surface area contributed by atoms with Crippen molar-refractivity contribution in [3.05, 3.63) is 34.1 Å². The topological polar surface area (TPSA) is 49.8 Å². The van der Waals surface area contributed by atoms with E-state index in [1.54, 1.807) is 4.90 Å². The molecule has 0 saturated heterocycles. The Hall–Kier alpha value is -0.980. The van der Waals surface area contributed by atoms with E-state index in [-0.39, 0.29) is 23.6 Å². The third-order valence-corrected chi connectivity index (χ3v) is 3.18. The monoisotopic (exact) mass is 333 g/mol. The zero-order valence-corrected chi connectivity index (χ0v) is 12.3. The molecular weight excluding hydrogens is 317 g/mol.